The van der Waals surface area contributed by atoms with Crippen molar-refractivity contribution in [3.8, 4) is 0 Å². The van der Waals surface area contributed by atoms with Crippen LogP contribution in [-0.2, 0) is 15.7 Å². The molecule has 1 N–H and O–H groups in total. The van der Waals surface area contributed by atoms with Crippen molar-refractivity contribution in [3.63, 3.8) is 0 Å². The highest BCUT2D eigenvalue weighted by Gasteiger charge is 2.39. The van der Waals surface area contributed by atoms with Gasteiger partial charge in [0.05, 0.1) is 34.9 Å². The van der Waals surface area contributed by atoms with Gasteiger partial charge >= 0.3 is 12.1 Å². The van der Waals surface area contributed by atoms with Crippen LogP contribution in [0.25, 0.3) is 0 Å². The van der Waals surface area contributed by atoms with Crippen molar-refractivity contribution in [2.45, 2.75) is 13.1 Å². The molecular weight excluding hydrogens is 472 g/mol. The number of ether oxygens (including phenoxy) is 1. The molecule has 1 saturated heterocycles. The first-order valence-electron chi connectivity index (χ1n) is 9.54. The van der Waals surface area contributed by atoms with Gasteiger partial charge in [-0.05, 0) is 25.1 Å². The van der Waals surface area contributed by atoms with Gasteiger partial charge < -0.3 is 14.8 Å². The highest BCUT2D eigenvalue weighted by Crippen LogP contribution is 2.34. The predicted molar refractivity (Wildman–Crippen MR) is 109 cm³/mol. The summed E-state index contributed by atoms with van der Waals surface area (Å²) in [7, 11) is 0. The molecule has 1 aliphatic rings. The second kappa shape index (κ2) is 9.61. The van der Waals surface area contributed by atoms with E-state index in [9.17, 15) is 32.4 Å². The standard InChI is InChI=1S/C20H17ClF4N4O4/c1-2-33-19(31)11-8-13(21)17(26-9-11)29-7-6-28(10-15(29)30)18(27-32)16-12(20(23,24)25)4-3-5-14(16)22/h3-5,8-9,32H,2,6-7,10H2,1H3/b27-18+. The number of rotatable bonds is 4. The number of anilines is 1. The number of hydrogen-bond acceptors (Lipinski definition) is 6. The van der Waals surface area contributed by atoms with Gasteiger partial charge in [-0.1, -0.05) is 22.8 Å². The lowest BCUT2D eigenvalue weighted by Crippen LogP contribution is -2.53. The fraction of sp³-hybridized carbons (Fsp3) is 0.300. The Balaban J connectivity index is 1.85. The van der Waals surface area contributed by atoms with Crippen molar-refractivity contribution in [3.05, 3.63) is 58.0 Å². The molecule has 1 fully saturated rings. The van der Waals surface area contributed by atoms with Crippen LogP contribution in [0.15, 0.2) is 35.6 Å². The van der Waals surface area contributed by atoms with Gasteiger partial charge in [-0.15, -0.1) is 0 Å². The summed E-state index contributed by atoms with van der Waals surface area (Å²) < 4.78 is 59.3. The minimum atomic E-state index is -4.92. The van der Waals surface area contributed by atoms with Crippen LogP contribution in [0.4, 0.5) is 23.4 Å². The number of carbonyl (C=O) groups excluding carboxylic acids is 2. The van der Waals surface area contributed by atoms with E-state index in [1.807, 2.05) is 0 Å². The van der Waals surface area contributed by atoms with Crippen LogP contribution in [-0.4, -0.2) is 59.0 Å². The molecule has 0 saturated carbocycles. The number of alkyl halides is 3. The Labute approximate surface area is 190 Å². The first-order chi connectivity index (χ1) is 15.6. The van der Waals surface area contributed by atoms with E-state index in [0.29, 0.717) is 6.07 Å². The van der Waals surface area contributed by atoms with Crippen LogP contribution in [0.2, 0.25) is 5.02 Å². The number of esters is 1. The van der Waals surface area contributed by atoms with Crippen LogP contribution in [0, 0.1) is 5.82 Å². The van der Waals surface area contributed by atoms with Gasteiger partial charge in [0.2, 0.25) is 5.91 Å². The van der Waals surface area contributed by atoms with E-state index >= 15 is 0 Å². The molecule has 33 heavy (non-hydrogen) atoms. The van der Waals surface area contributed by atoms with E-state index in [1.54, 1.807) is 6.92 Å². The Morgan fingerprint density at radius 3 is 2.64 bits per heavy atom. The minimum Gasteiger partial charge on any atom is -0.462 e. The molecule has 0 bridgehead atoms. The summed E-state index contributed by atoms with van der Waals surface area (Å²) >= 11 is 6.17. The molecule has 2 aromatic rings. The van der Waals surface area contributed by atoms with Gasteiger partial charge in [0.1, 0.15) is 5.82 Å². The van der Waals surface area contributed by atoms with Crippen LogP contribution in [0.3, 0.4) is 0 Å². The van der Waals surface area contributed by atoms with Gasteiger partial charge in [-0.25, -0.2) is 14.2 Å². The number of pyridine rings is 1. The maximum atomic E-state index is 14.3. The summed E-state index contributed by atoms with van der Waals surface area (Å²) in [5.41, 5.74) is -2.24. The van der Waals surface area contributed by atoms with Gasteiger partial charge in [-0.2, -0.15) is 13.2 Å². The third-order valence-corrected chi connectivity index (χ3v) is 5.02. The summed E-state index contributed by atoms with van der Waals surface area (Å²) in [5.74, 6) is -3.26. The number of aromatic nitrogens is 1. The predicted octanol–water partition coefficient (Wildman–Crippen LogP) is 3.55. The fourth-order valence-corrected chi connectivity index (χ4v) is 3.56. The Hall–Kier alpha value is -3.41. The van der Waals surface area contributed by atoms with Crippen molar-refractivity contribution < 1.29 is 37.1 Å². The fourth-order valence-electron chi connectivity index (χ4n) is 3.29. The number of amides is 1. The maximum absolute atomic E-state index is 14.3. The SMILES string of the molecule is CCOC(=O)c1cnc(N2CCN(/C(=N/O)c3c(F)cccc3C(F)(F)F)CC2=O)c(Cl)c1. The van der Waals surface area contributed by atoms with E-state index in [4.69, 9.17) is 16.3 Å². The number of benzene rings is 1. The van der Waals surface area contributed by atoms with Crippen LogP contribution in [0.1, 0.15) is 28.4 Å². The first-order valence-corrected chi connectivity index (χ1v) is 9.92. The highest BCUT2D eigenvalue weighted by atomic mass is 35.5. The van der Waals surface area contributed by atoms with Gasteiger partial charge in [0.25, 0.3) is 0 Å². The molecule has 0 unspecified atom stereocenters. The monoisotopic (exact) mass is 488 g/mol. The molecule has 13 heteroatoms. The van der Waals surface area contributed by atoms with E-state index in [2.05, 4.69) is 10.1 Å². The molecule has 1 aromatic heterocycles. The zero-order chi connectivity index (χ0) is 24.3. The lowest BCUT2D eigenvalue weighted by atomic mass is 10.0. The third kappa shape index (κ3) is 5.00. The number of oxime groups is 1. The van der Waals surface area contributed by atoms with E-state index in [1.165, 1.54) is 12.3 Å². The zero-order valence-electron chi connectivity index (χ0n) is 17.1. The Morgan fingerprint density at radius 1 is 1.33 bits per heavy atom. The molecule has 176 valence electrons. The summed E-state index contributed by atoms with van der Waals surface area (Å²) in [6, 6.07) is 3.60. The Kier molecular flexibility index (Phi) is 7.06. The van der Waals surface area contributed by atoms with Gasteiger partial charge in [0.15, 0.2) is 11.7 Å². The van der Waals surface area contributed by atoms with Crippen LogP contribution in [0.5, 0.6) is 0 Å². The lowest BCUT2D eigenvalue weighted by Gasteiger charge is -2.35. The van der Waals surface area contributed by atoms with Crippen molar-refractivity contribution in [2.24, 2.45) is 5.16 Å². The van der Waals surface area contributed by atoms with Crippen molar-refractivity contribution in [1.82, 2.24) is 9.88 Å². The number of hydrogen-bond donors (Lipinski definition) is 1. The van der Waals surface area contributed by atoms with Crippen molar-refractivity contribution in [2.75, 3.05) is 31.1 Å². The van der Waals surface area contributed by atoms with Gasteiger partial charge in [0, 0.05) is 19.3 Å². The van der Waals surface area contributed by atoms with Gasteiger partial charge in [-0.3, -0.25) is 9.69 Å². The zero-order valence-corrected chi connectivity index (χ0v) is 17.8. The molecule has 0 spiro atoms. The number of nitrogens with zero attached hydrogens (tertiary/aromatic N) is 4. The lowest BCUT2D eigenvalue weighted by molar-refractivity contribution is -0.138. The average molecular weight is 489 g/mol. The molecule has 0 atom stereocenters. The highest BCUT2D eigenvalue weighted by molar-refractivity contribution is 6.33. The Morgan fingerprint density at radius 2 is 2.06 bits per heavy atom. The molecule has 1 aromatic carbocycles. The third-order valence-electron chi connectivity index (χ3n) is 4.75. The second-order valence-electron chi connectivity index (χ2n) is 6.80. The Bertz CT molecular complexity index is 1110. The maximum Gasteiger partial charge on any atom is 0.417 e. The average Bonchev–Trinajstić information content (AvgIpc) is 2.75. The number of piperazine rings is 1. The second-order valence-corrected chi connectivity index (χ2v) is 7.21. The summed E-state index contributed by atoms with van der Waals surface area (Å²) in [4.78, 5) is 30.8. The van der Waals surface area contributed by atoms with Crippen molar-refractivity contribution in [1.29, 1.82) is 0 Å². The largest absolute Gasteiger partial charge is 0.462 e. The normalized spacial score (nSPS) is 15.1. The molecule has 1 aliphatic heterocycles. The number of amidine groups is 1. The van der Waals surface area contributed by atoms with E-state index in [-0.39, 0.29) is 36.1 Å². The topological polar surface area (TPSA) is 95.3 Å². The molecule has 1 amide bonds. The quantitative estimate of drug-likeness (QED) is 0.177. The van der Waals surface area contributed by atoms with Crippen LogP contribution >= 0.6 is 11.6 Å². The molecule has 3 rings (SSSR count). The minimum absolute atomic E-state index is 0.0214. The number of halogens is 5. The van der Waals surface area contributed by atoms with Crippen LogP contribution < -0.4 is 4.90 Å². The summed E-state index contributed by atoms with van der Waals surface area (Å²) in [6.07, 6.45) is -3.74. The first kappa shape index (κ1) is 24.2. The molecule has 2 heterocycles. The molecular formula is C20H17ClF4N4O4. The summed E-state index contributed by atoms with van der Waals surface area (Å²) in [6.45, 7) is 1.00. The number of carbonyl (C=O) groups is 2. The van der Waals surface area contributed by atoms with E-state index in [0.717, 1.165) is 21.9 Å². The smallest absolute Gasteiger partial charge is 0.417 e. The molecule has 8 nitrogen and oxygen atoms in total. The molecule has 0 aliphatic carbocycles. The summed E-state index contributed by atoms with van der Waals surface area (Å²) in [5, 5.41) is 12.2. The molecule has 0 radical (unpaired) electrons. The van der Waals surface area contributed by atoms with E-state index < -0.39 is 47.4 Å². The van der Waals surface area contributed by atoms with Crippen molar-refractivity contribution >= 4 is 35.1 Å².